The van der Waals surface area contributed by atoms with Crippen LogP contribution in [0.15, 0.2) is 18.2 Å². The molecule has 0 radical (unpaired) electrons. The van der Waals surface area contributed by atoms with Crippen molar-refractivity contribution in [2.75, 3.05) is 18.1 Å². The van der Waals surface area contributed by atoms with E-state index >= 15 is 0 Å². The molecule has 1 fully saturated rings. The molecule has 0 unspecified atom stereocenters. The van der Waals surface area contributed by atoms with Gasteiger partial charge in [0.1, 0.15) is 0 Å². The summed E-state index contributed by atoms with van der Waals surface area (Å²) >= 11 is 3.79. The lowest BCUT2D eigenvalue weighted by Crippen LogP contribution is -2.35. The van der Waals surface area contributed by atoms with Gasteiger partial charge in [0, 0.05) is 14.9 Å². The average molecular weight is 406 g/mol. The highest BCUT2D eigenvalue weighted by atomic mass is 127. The third-order valence-corrected chi connectivity index (χ3v) is 5.36. The van der Waals surface area contributed by atoms with Crippen molar-refractivity contribution in [2.45, 2.75) is 17.6 Å². The molecule has 2 rings (SSSR count). The highest BCUT2D eigenvalue weighted by molar-refractivity contribution is 14.1. The smallest absolute Gasteiger partial charge is 0.337 e. The van der Waals surface area contributed by atoms with Crippen molar-refractivity contribution < 1.29 is 14.7 Å². The highest BCUT2D eigenvalue weighted by Crippen LogP contribution is 2.46. The quantitative estimate of drug-likeness (QED) is 0.657. The number of hydrogen-bond acceptors (Lipinski definition) is 3. The first-order valence-electron chi connectivity index (χ1n) is 6.09. The molecular formula is C13H15IN2O3S. The van der Waals surface area contributed by atoms with Gasteiger partial charge in [-0.25, -0.2) is 9.59 Å². The molecule has 2 amide bonds. The summed E-state index contributed by atoms with van der Waals surface area (Å²) in [6.07, 6.45) is 4.25. The minimum absolute atomic E-state index is 0.0954. The van der Waals surface area contributed by atoms with Crippen molar-refractivity contribution >= 4 is 52.0 Å². The minimum atomic E-state index is -1.05. The zero-order chi connectivity index (χ0) is 14.8. The molecular weight excluding hydrogens is 391 g/mol. The molecule has 0 bridgehead atoms. The fourth-order valence-electron chi connectivity index (χ4n) is 1.80. The number of nitrogens with one attached hydrogen (secondary N) is 2. The first-order chi connectivity index (χ1) is 9.46. The molecule has 1 aliphatic carbocycles. The molecule has 1 saturated carbocycles. The van der Waals surface area contributed by atoms with Crippen LogP contribution in [0.25, 0.3) is 0 Å². The van der Waals surface area contributed by atoms with E-state index in [1.807, 2.05) is 28.8 Å². The first kappa shape index (κ1) is 15.4. The van der Waals surface area contributed by atoms with Crippen LogP contribution in [-0.2, 0) is 0 Å². The second-order valence-electron chi connectivity index (χ2n) is 4.69. The van der Waals surface area contributed by atoms with Gasteiger partial charge in [-0.15, -0.1) is 0 Å². The monoisotopic (exact) mass is 406 g/mol. The molecule has 1 aromatic rings. The number of amides is 2. The van der Waals surface area contributed by atoms with Crippen molar-refractivity contribution in [2.24, 2.45) is 0 Å². The summed E-state index contributed by atoms with van der Waals surface area (Å²) in [5.41, 5.74) is 0.405. The number of carbonyl (C=O) groups excluding carboxylic acids is 1. The van der Waals surface area contributed by atoms with Gasteiger partial charge >= 0.3 is 12.0 Å². The number of aromatic carboxylic acids is 1. The van der Waals surface area contributed by atoms with Crippen molar-refractivity contribution in [3.05, 3.63) is 27.3 Å². The van der Waals surface area contributed by atoms with E-state index in [1.165, 1.54) is 6.07 Å². The largest absolute Gasteiger partial charge is 0.478 e. The molecule has 1 aliphatic rings. The summed E-state index contributed by atoms with van der Waals surface area (Å²) in [5, 5.41) is 14.5. The van der Waals surface area contributed by atoms with Gasteiger partial charge in [-0.3, -0.25) is 0 Å². The van der Waals surface area contributed by atoms with Crippen LogP contribution < -0.4 is 10.6 Å². The van der Waals surface area contributed by atoms with Crippen molar-refractivity contribution in [3.8, 4) is 0 Å². The molecule has 0 spiro atoms. The fourth-order valence-corrected chi connectivity index (χ4v) is 3.02. The number of anilines is 1. The van der Waals surface area contributed by atoms with E-state index < -0.39 is 5.97 Å². The maximum absolute atomic E-state index is 11.8. The highest BCUT2D eigenvalue weighted by Gasteiger charge is 2.41. The topological polar surface area (TPSA) is 78.4 Å². The second kappa shape index (κ2) is 6.21. The van der Waals surface area contributed by atoms with E-state index in [0.29, 0.717) is 12.2 Å². The number of halogens is 1. The SMILES string of the molecule is CSC1(CNC(=O)Nc2ccc(I)cc2C(=O)O)CC1. The summed E-state index contributed by atoms with van der Waals surface area (Å²) in [6.45, 7) is 0.604. The summed E-state index contributed by atoms with van der Waals surface area (Å²) in [4.78, 5) is 23.0. The van der Waals surface area contributed by atoms with Gasteiger partial charge in [0.25, 0.3) is 0 Å². The molecule has 3 N–H and O–H groups in total. The van der Waals surface area contributed by atoms with Gasteiger partial charge in [-0.05, 0) is 59.9 Å². The number of benzene rings is 1. The van der Waals surface area contributed by atoms with E-state index in [-0.39, 0.29) is 16.3 Å². The Balaban J connectivity index is 1.99. The Morgan fingerprint density at radius 2 is 2.15 bits per heavy atom. The van der Waals surface area contributed by atoms with Crippen LogP contribution in [0.1, 0.15) is 23.2 Å². The van der Waals surface area contributed by atoms with Crippen LogP contribution in [-0.4, -0.2) is 34.7 Å². The Kier molecular flexibility index (Phi) is 4.79. The van der Waals surface area contributed by atoms with Crippen molar-refractivity contribution in [1.29, 1.82) is 0 Å². The maximum atomic E-state index is 11.8. The lowest BCUT2D eigenvalue weighted by Gasteiger charge is -2.14. The molecule has 20 heavy (non-hydrogen) atoms. The van der Waals surface area contributed by atoms with Crippen molar-refractivity contribution in [3.63, 3.8) is 0 Å². The van der Waals surface area contributed by atoms with Gasteiger partial charge in [0.05, 0.1) is 11.3 Å². The summed E-state index contributed by atoms with van der Waals surface area (Å²) in [7, 11) is 0. The van der Waals surface area contributed by atoms with E-state index in [0.717, 1.165) is 16.4 Å². The normalized spacial score (nSPS) is 15.5. The van der Waals surface area contributed by atoms with Crippen LogP contribution in [0.3, 0.4) is 0 Å². The third kappa shape index (κ3) is 3.78. The van der Waals surface area contributed by atoms with Gasteiger partial charge in [-0.2, -0.15) is 11.8 Å². The summed E-state index contributed by atoms with van der Waals surface area (Å²) in [5.74, 6) is -1.05. The Labute approximate surface area is 135 Å². The van der Waals surface area contributed by atoms with Crippen LogP contribution in [0.5, 0.6) is 0 Å². The summed E-state index contributed by atoms with van der Waals surface area (Å²) in [6, 6.07) is 4.52. The maximum Gasteiger partial charge on any atom is 0.337 e. The Morgan fingerprint density at radius 3 is 2.70 bits per heavy atom. The number of hydrogen-bond donors (Lipinski definition) is 3. The molecule has 1 aromatic carbocycles. The molecule has 5 nitrogen and oxygen atoms in total. The molecule has 0 heterocycles. The molecule has 0 aliphatic heterocycles. The summed E-state index contributed by atoms with van der Waals surface area (Å²) < 4.78 is 0.990. The van der Waals surface area contributed by atoms with Crippen LogP contribution in [0, 0.1) is 3.57 Å². The molecule has 0 aromatic heterocycles. The van der Waals surface area contributed by atoms with Crippen molar-refractivity contribution in [1.82, 2.24) is 5.32 Å². The minimum Gasteiger partial charge on any atom is -0.478 e. The van der Waals surface area contributed by atoms with Crippen LogP contribution >= 0.6 is 34.4 Å². The molecule has 0 saturated heterocycles. The number of thioether (sulfide) groups is 1. The number of rotatable bonds is 5. The van der Waals surface area contributed by atoms with Gasteiger partial charge in [0.2, 0.25) is 0 Å². The Bertz CT molecular complexity index is 546. The van der Waals surface area contributed by atoms with Gasteiger partial charge in [0.15, 0.2) is 0 Å². The van der Waals surface area contributed by atoms with E-state index in [1.54, 1.807) is 23.9 Å². The average Bonchev–Trinajstić information content (AvgIpc) is 3.19. The van der Waals surface area contributed by atoms with E-state index in [4.69, 9.17) is 5.11 Å². The first-order valence-corrected chi connectivity index (χ1v) is 8.39. The van der Waals surface area contributed by atoms with Crippen LogP contribution in [0.4, 0.5) is 10.5 Å². The van der Waals surface area contributed by atoms with Gasteiger partial charge < -0.3 is 15.7 Å². The number of urea groups is 1. The van der Waals surface area contributed by atoms with Crippen LogP contribution in [0.2, 0.25) is 0 Å². The molecule has 108 valence electrons. The third-order valence-electron chi connectivity index (χ3n) is 3.27. The standard InChI is InChI=1S/C13H15IN2O3S/c1-20-13(4-5-13)7-15-12(19)16-10-3-2-8(14)6-9(10)11(17)18/h2-3,6H,4-5,7H2,1H3,(H,17,18)(H2,15,16,19). The Morgan fingerprint density at radius 1 is 1.45 bits per heavy atom. The zero-order valence-corrected chi connectivity index (χ0v) is 13.9. The zero-order valence-electron chi connectivity index (χ0n) is 10.9. The molecule has 0 atom stereocenters. The lowest BCUT2D eigenvalue weighted by molar-refractivity contribution is 0.0698. The van der Waals surface area contributed by atoms with E-state index in [9.17, 15) is 9.59 Å². The molecule has 7 heteroatoms. The fraction of sp³-hybridized carbons (Fsp3) is 0.385. The Hall–Kier alpha value is -0.960. The predicted octanol–water partition coefficient (Wildman–Crippen LogP) is 3.01. The predicted molar refractivity (Wildman–Crippen MR) is 88.6 cm³/mol. The number of carboxylic acids is 1. The number of carboxylic acid groups (broad SMARTS) is 1. The lowest BCUT2D eigenvalue weighted by atomic mass is 10.2. The number of carbonyl (C=O) groups is 2. The van der Waals surface area contributed by atoms with Gasteiger partial charge in [-0.1, -0.05) is 0 Å². The van der Waals surface area contributed by atoms with E-state index in [2.05, 4.69) is 10.6 Å². The second-order valence-corrected chi connectivity index (χ2v) is 7.21.